The summed E-state index contributed by atoms with van der Waals surface area (Å²) in [5.74, 6) is -0.0222. The van der Waals surface area contributed by atoms with Gasteiger partial charge in [-0.3, -0.25) is 4.79 Å². The summed E-state index contributed by atoms with van der Waals surface area (Å²) in [4.78, 5) is 17.0. The van der Waals surface area contributed by atoms with E-state index in [4.69, 9.17) is 5.11 Å². The fourth-order valence-corrected chi connectivity index (χ4v) is 0.549. The van der Waals surface area contributed by atoms with Crippen LogP contribution < -0.4 is 5.43 Å². The molecule has 6 nitrogen and oxygen atoms in total. The molecule has 6 heteroatoms. The highest BCUT2D eigenvalue weighted by Crippen LogP contribution is 1.80. The van der Waals surface area contributed by atoms with Gasteiger partial charge in [0.05, 0.1) is 6.21 Å². The van der Waals surface area contributed by atoms with Crippen molar-refractivity contribution in [2.75, 3.05) is 6.61 Å². The zero-order valence-electron chi connectivity index (χ0n) is 6.19. The summed E-state index contributed by atoms with van der Waals surface area (Å²) in [6.45, 7) is -0.574. The number of imidazole rings is 1. The molecule has 1 aromatic heterocycles. The fraction of sp³-hybridized carbons (Fsp3) is 0.167. The van der Waals surface area contributed by atoms with E-state index in [1.807, 2.05) is 0 Å². The lowest BCUT2D eigenvalue weighted by atomic mass is 10.7. The van der Waals surface area contributed by atoms with E-state index in [1.165, 1.54) is 6.21 Å². The first kappa shape index (κ1) is 8.41. The van der Waals surface area contributed by atoms with Crippen molar-refractivity contribution >= 4 is 12.1 Å². The summed E-state index contributed by atoms with van der Waals surface area (Å²) in [5, 5.41) is 11.8. The van der Waals surface area contributed by atoms with Gasteiger partial charge in [0.15, 0.2) is 0 Å². The SMILES string of the molecule is O=C(CO)N/N=C/c1ncc[nH]1. The van der Waals surface area contributed by atoms with Crippen LogP contribution in [0.5, 0.6) is 0 Å². The molecule has 0 aliphatic carbocycles. The molecule has 0 unspecified atom stereocenters. The second-order valence-electron chi connectivity index (χ2n) is 1.93. The highest BCUT2D eigenvalue weighted by molar-refractivity contribution is 5.80. The third kappa shape index (κ3) is 2.51. The van der Waals surface area contributed by atoms with Crippen LogP contribution >= 0.6 is 0 Å². The molecule has 1 heterocycles. The maximum atomic E-state index is 10.4. The number of nitrogens with one attached hydrogen (secondary N) is 2. The van der Waals surface area contributed by atoms with Crippen LogP contribution in [0.2, 0.25) is 0 Å². The number of aromatic amines is 1. The molecular formula is C6H8N4O2. The molecule has 0 atom stereocenters. The number of carbonyl (C=O) groups excluding carboxylic acids is 1. The summed E-state index contributed by atoms with van der Waals surface area (Å²) in [6, 6.07) is 0. The summed E-state index contributed by atoms with van der Waals surface area (Å²) >= 11 is 0. The number of carbonyl (C=O) groups is 1. The van der Waals surface area contributed by atoms with Crippen molar-refractivity contribution in [3.05, 3.63) is 18.2 Å². The van der Waals surface area contributed by atoms with Crippen molar-refractivity contribution in [1.29, 1.82) is 0 Å². The van der Waals surface area contributed by atoms with Gasteiger partial charge < -0.3 is 10.1 Å². The van der Waals surface area contributed by atoms with Crippen molar-refractivity contribution in [1.82, 2.24) is 15.4 Å². The number of amides is 1. The number of hydrogen-bond donors (Lipinski definition) is 3. The Kier molecular flexibility index (Phi) is 2.97. The topological polar surface area (TPSA) is 90.4 Å². The van der Waals surface area contributed by atoms with E-state index in [0.717, 1.165) is 0 Å². The Bertz CT molecular complexity index is 267. The van der Waals surface area contributed by atoms with Crippen molar-refractivity contribution in [3.8, 4) is 0 Å². The van der Waals surface area contributed by atoms with E-state index < -0.39 is 12.5 Å². The number of rotatable bonds is 3. The van der Waals surface area contributed by atoms with E-state index >= 15 is 0 Å². The number of H-pyrrole nitrogens is 1. The molecule has 0 spiro atoms. The van der Waals surface area contributed by atoms with Gasteiger partial charge in [-0.05, 0) is 0 Å². The van der Waals surface area contributed by atoms with Crippen LogP contribution in [0.15, 0.2) is 17.5 Å². The van der Waals surface area contributed by atoms with Gasteiger partial charge in [-0.15, -0.1) is 0 Å². The molecule has 0 radical (unpaired) electrons. The second-order valence-corrected chi connectivity index (χ2v) is 1.93. The first-order chi connectivity index (χ1) is 5.83. The number of nitrogens with zero attached hydrogens (tertiary/aromatic N) is 2. The normalized spacial score (nSPS) is 10.4. The van der Waals surface area contributed by atoms with Crippen LogP contribution in [-0.2, 0) is 4.79 Å². The molecule has 0 saturated heterocycles. The van der Waals surface area contributed by atoms with E-state index in [-0.39, 0.29) is 0 Å². The molecule has 64 valence electrons. The van der Waals surface area contributed by atoms with Gasteiger partial charge in [0, 0.05) is 12.4 Å². The van der Waals surface area contributed by atoms with Gasteiger partial charge in [-0.25, -0.2) is 10.4 Å². The van der Waals surface area contributed by atoms with Crippen molar-refractivity contribution < 1.29 is 9.90 Å². The molecule has 0 saturated carbocycles. The number of hydrazone groups is 1. The largest absolute Gasteiger partial charge is 0.386 e. The Hall–Kier alpha value is -1.69. The first-order valence-electron chi connectivity index (χ1n) is 3.25. The minimum atomic E-state index is -0.574. The fourth-order valence-electron chi connectivity index (χ4n) is 0.549. The molecule has 1 amide bonds. The molecule has 3 N–H and O–H groups in total. The number of hydrogen-bond acceptors (Lipinski definition) is 4. The average Bonchev–Trinajstić information content (AvgIpc) is 2.57. The van der Waals surface area contributed by atoms with Crippen molar-refractivity contribution in [2.45, 2.75) is 0 Å². The monoisotopic (exact) mass is 168 g/mol. The highest BCUT2D eigenvalue weighted by Gasteiger charge is 1.92. The summed E-state index contributed by atoms with van der Waals surface area (Å²) in [7, 11) is 0. The highest BCUT2D eigenvalue weighted by atomic mass is 16.3. The zero-order valence-corrected chi connectivity index (χ0v) is 6.19. The van der Waals surface area contributed by atoms with Crippen molar-refractivity contribution in [2.24, 2.45) is 5.10 Å². The predicted octanol–water partition coefficient (Wildman–Crippen LogP) is -1.15. The molecule has 1 aromatic rings. The van der Waals surface area contributed by atoms with Crippen molar-refractivity contribution in [3.63, 3.8) is 0 Å². The summed E-state index contributed by atoms with van der Waals surface area (Å²) in [5.41, 5.74) is 2.09. The lowest BCUT2D eigenvalue weighted by Gasteiger charge is -1.91. The Balaban J connectivity index is 2.37. The number of aliphatic hydroxyl groups excluding tert-OH is 1. The van der Waals surface area contributed by atoms with Crippen LogP contribution in [0.3, 0.4) is 0 Å². The maximum Gasteiger partial charge on any atom is 0.265 e. The molecule has 0 aromatic carbocycles. The van der Waals surface area contributed by atoms with Gasteiger partial charge in [0.2, 0.25) is 0 Å². The minimum absolute atomic E-state index is 0.535. The Labute approximate surface area is 68.3 Å². The third-order valence-electron chi connectivity index (χ3n) is 1.04. The average molecular weight is 168 g/mol. The first-order valence-corrected chi connectivity index (χ1v) is 3.25. The van der Waals surface area contributed by atoms with E-state index in [2.05, 4.69) is 20.5 Å². The standard InChI is InChI=1S/C6H8N4O2/c11-4-6(12)10-9-3-5-7-1-2-8-5/h1-3,11H,4H2,(H,7,8)(H,10,12)/b9-3+. The molecule has 0 aliphatic heterocycles. The van der Waals surface area contributed by atoms with E-state index in [1.54, 1.807) is 12.4 Å². The summed E-state index contributed by atoms with van der Waals surface area (Å²) < 4.78 is 0. The molecule has 0 aliphatic rings. The Morgan fingerprint density at radius 1 is 1.92 bits per heavy atom. The van der Waals surface area contributed by atoms with E-state index in [0.29, 0.717) is 5.82 Å². The lowest BCUT2D eigenvalue weighted by Crippen LogP contribution is -2.20. The van der Waals surface area contributed by atoms with Gasteiger partial charge in [-0.1, -0.05) is 0 Å². The molecule has 0 fully saturated rings. The van der Waals surface area contributed by atoms with Gasteiger partial charge in [0.1, 0.15) is 12.4 Å². The number of aromatic nitrogens is 2. The van der Waals surface area contributed by atoms with Gasteiger partial charge in [-0.2, -0.15) is 5.10 Å². The zero-order chi connectivity index (χ0) is 8.81. The van der Waals surface area contributed by atoms with Crippen LogP contribution in [0.4, 0.5) is 0 Å². The smallest absolute Gasteiger partial charge is 0.265 e. The van der Waals surface area contributed by atoms with Crippen LogP contribution in [0.1, 0.15) is 5.82 Å². The Morgan fingerprint density at radius 3 is 3.33 bits per heavy atom. The number of aliphatic hydroxyl groups is 1. The van der Waals surface area contributed by atoms with Gasteiger partial charge in [0.25, 0.3) is 5.91 Å². The lowest BCUT2D eigenvalue weighted by molar-refractivity contribution is -0.123. The van der Waals surface area contributed by atoms with Gasteiger partial charge >= 0.3 is 0 Å². The van der Waals surface area contributed by atoms with E-state index in [9.17, 15) is 4.79 Å². The quantitative estimate of drug-likeness (QED) is 0.393. The summed E-state index contributed by atoms with van der Waals surface area (Å²) in [6.07, 6.45) is 4.54. The van der Waals surface area contributed by atoms with Crippen LogP contribution in [-0.4, -0.2) is 33.8 Å². The minimum Gasteiger partial charge on any atom is -0.386 e. The predicted molar refractivity (Wildman–Crippen MR) is 41.4 cm³/mol. The second kappa shape index (κ2) is 4.24. The molecular weight excluding hydrogens is 160 g/mol. The maximum absolute atomic E-state index is 10.4. The molecule has 1 rings (SSSR count). The molecule has 0 bridgehead atoms. The molecule has 12 heavy (non-hydrogen) atoms. The van der Waals surface area contributed by atoms with Crippen LogP contribution in [0, 0.1) is 0 Å². The third-order valence-corrected chi connectivity index (χ3v) is 1.04. The van der Waals surface area contributed by atoms with Crippen LogP contribution in [0.25, 0.3) is 0 Å². The Morgan fingerprint density at radius 2 is 2.75 bits per heavy atom.